The summed E-state index contributed by atoms with van der Waals surface area (Å²) in [5.41, 5.74) is 2.15. The predicted octanol–water partition coefficient (Wildman–Crippen LogP) is 5.48. The smallest absolute Gasteiger partial charge is 0.229 e. The summed E-state index contributed by atoms with van der Waals surface area (Å²) in [5, 5.41) is 17.8. The van der Waals surface area contributed by atoms with Crippen LogP contribution in [0.25, 0.3) is 10.9 Å². The lowest BCUT2D eigenvalue weighted by atomic mass is 10.2. The highest BCUT2D eigenvalue weighted by atomic mass is 35.5. The van der Waals surface area contributed by atoms with E-state index in [4.69, 9.17) is 11.6 Å². The summed E-state index contributed by atoms with van der Waals surface area (Å²) in [4.78, 5) is 9.10. The molecule has 0 fully saturated rings. The second-order valence-electron chi connectivity index (χ2n) is 5.69. The second kappa shape index (κ2) is 6.90. The number of nitrogens with zero attached hydrogens (tertiary/aromatic N) is 2. The molecule has 5 nitrogen and oxygen atoms in total. The molecule has 3 N–H and O–H groups in total. The van der Waals surface area contributed by atoms with E-state index in [0.29, 0.717) is 22.5 Å². The number of phenols is 1. The van der Waals surface area contributed by atoms with Gasteiger partial charge in [0.1, 0.15) is 11.6 Å². The number of rotatable bonds is 4. The van der Waals surface area contributed by atoms with Crippen molar-refractivity contribution in [3.8, 4) is 5.75 Å². The van der Waals surface area contributed by atoms with Crippen LogP contribution in [0.5, 0.6) is 5.75 Å². The molecule has 0 aliphatic carbocycles. The van der Waals surface area contributed by atoms with Crippen molar-refractivity contribution in [1.82, 2.24) is 9.97 Å². The monoisotopic (exact) mass is 362 g/mol. The summed E-state index contributed by atoms with van der Waals surface area (Å²) in [6.07, 6.45) is 0. The molecule has 0 radical (unpaired) electrons. The first-order valence-corrected chi connectivity index (χ1v) is 8.41. The Balaban J connectivity index is 1.77. The zero-order valence-electron chi connectivity index (χ0n) is 13.6. The van der Waals surface area contributed by atoms with Gasteiger partial charge in [0.05, 0.1) is 11.2 Å². The minimum atomic E-state index is 0.0729. The summed E-state index contributed by atoms with van der Waals surface area (Å²) < 4.78 is 0. The molecule has 0 spiro atoms. The van der Waals surface area contributed by atoms with Gasteiger partial charge in [0, 0.05) is 16.1 Å². The quantitative estimate of drug-likeness (QED) is 0.419. The fourth-order valence-corrected chi connectivity index (χ4v) is 2.79. The van der Waals surface area contributed by atoms with Crippen LogP contribution in [-0.4, -0.2) is 15.1 Å². The molecule has 128 valence electrons. The lowest BCUT2D eigenvalue weighted by Gasteiger charge is -2.12. The average molecular weight is 363 g/mol. The van der Waals surface area contributed by atoms with Crippen molar-refractivity contribution >= 4 is 45.6 Å². The van der Waals surface area contributed by atoms with Gasteiger partial charge in [-0.1, -0.05) is 41.9 Å². The fourth-order valence-electron chi connectivity index (χ4n) is 2.61. The first-order valence-electron chi connectivity index (χ1n) is 8.03. The van der Waals surface area contributed by atoms with E-state index in [1.807, 2.05) is 54.6 Å². The van der Waals surface area contributed by atoms with Crippen molar-refractivity contribution in [2.75, 3.05) is 10.6 Å². The van der Waals surface area contributed by atoms with Gasteiger partial charge in [-0.05, 0) is 42.5 Å². The molecular formula is C20H15ClN4O. The van der Waals surface area contributed by atoms with E-state index < -0.39 is 0 Å². The van der Waals surface area contributed by atoms with Crippen molar-refractivity contribution in [1.29, 1.82) is 0 Å². The number of nitrogens with one attached hydrogen (secondary N) is 2. The van der Waals surface area contributed by atoms with E-state index in [1.165, 1.54) is 6.07 Å². The number of fused-ring (bicyclic) bond motifs is 1. The van der Waals surface area contributed by atoms with Crippen LogP contribution >= 0.6 is 11.6 Å². The fraction of sp³-hybridized carbons (Fsp3) is 0. The van der Waals surface area contributed by atoms with Crippen molar-refractivity contribution in [3.05, 3.63) is 77.8 Å². The third-order valence-electron chi connectivity index (χ3n) is 3.84. The molecule has 0 saturated heterocycles. The van der Waals surface area contributed by atoms with Crippen molar-refractivity contribution in [2.45, 2.75) is 0 Å². The molecule has 4 aromatic rings. The Bertz CT molecular complexity index is 1070. The Hall–Kier alpha value is -3.31. The van der Waals surface area contributed by atoms with Crippen LogP contribution in [0.3, 0.4) is 0 Å². The van der Waals surface area contributed by atoms with Crippen LogP contribution in [0.4, 0.5) is 23.1 Å². The molecule has 4 rings (SSSR count). The molecule has 0 bridgehead atoms. The predicted molar refractivity (Wildman–Crippen MR) is 106 cm³/mol. The Morgan fingerprint density at radius 3 is 2.42 bits per heavy atom. The van der Waals surface area contributed by atoms with E-state index in [9.17, 15) is 5.11 Å². The summed E-state index contributed by atoms with van der Waals surface area (Å²) in [5.74, 6) is 1.11. The normalized spacial score (nSPS) is 10.7. The number of hydrogen-bond acceptors (Lipinski definition) is 5. The number of aromatic nitrogens is 2. The molecule has 6 heteroatoms. The van der Waals surface area contributed by atoms with Gasteiger partial charge < -0.3 is 15.7 Å². The van der Waals surface area contributed by atoms with Gasteiger partial charge in [0.2, 0.25) is 5.95 Å². The van der Waals surface area contributed by atoms with Gasteiger partial charge in [-0.3, -0.25) is 0 Å². The van der Waals surface area contributed by atoms with E-state index >= 15 is 0 Å². The average Bonchev–Trinajstić information content (AvgIpc) is 2.66. The number of aromatic hydroxyl groups is 1. The topological polar surface area (TPSA) is 70.1 Å². The maximum absolute atomic E-state index is 10.0. The summed E-state index contributed by atoms with van der Waals surface area (Å²) in [6.45, 7) is 0. The highest BCUT2D eigenvalue weighted by Gasteiger charge is 2.10. The highest BCUT2D eigenvalue weighted by Crippen LogP contribution is 2.31. The van der Waals surface area contributed by atoms with Crippen LogP contribution in [0, 0.1) is 0 Å². The van der Waals surface area contributed by atoms with Crippen molar-refractivity contribution in [2.24, 2.45) is 0 Å². The largest absolute Gasteiger partial charge is 0.506 e. The molecule has 3 aromatic carbocycles. The van der Waals surface area contributed by atoms with Crippen molar-refractivity contribution in [3.63, 3.8) is 0 Å². The molecule has 1 aromatic heterocycles. The number of phenolic OH excluding ortho intramolecular Hbond substituents is 1. The standard InChI is InChI=1S/C20H15ClN4O/c21-13-10-11-18(26)17(12-13)24-20-23-16-9-5-4-8-15(16)19(25-20)22-14-6-2-1-3-7-14/h1-12,26H,(H2,22,23,24,25). The summed E-state index contributed by atoms with van der Waals surface area (Å²) in [7, 11) is 0. The summed E-state index contributed by atoms with van der Waals surface area (Å²) in [6, 6.07) is 22.3. The Labute approximate surface area is 155 Å². The van der Waals surface area contributed by atoms with E-state index in [1.54, 1.807) is 12.1 Å². The SMILES string of the molecule is Oc1ccc(Cl)cc1Nc1nc(Nc2ccccc2)c2ccccc2n1. The Kier molecular flexibility index (Phi) is 4.29. The van der Waals surface area contributed by atoms with Gasteiger partial charge in [0.25, 0.3) is 0 Å². The second-order valence-corrected chi connectivity index (χ2v) is 6.13. The molecule has 0 aliphatic rings. The number of anilines is 4. The van der Waals surface area contributed by atoms with Crippen molar-refractivity contribution < 1.29 is 5.11 Å². The number of hydrogen-bond donors (Lipinski definition) is 3. The van der Waals surface area contributed by atoms with Gasteiger partial charge in [0.15, 0.2) is 0 Å². The van der Waals surface area contributed by atoms with Gasteiger partial charge in [-0.15, -0.1) is 0 Å². The molecule has 0 amide bonds. The van der Waals surface area contributed by atoms with E-state index in [-0.39, 0.29) is 5.75 Å². The highest BCUT2D eigenvalue weighted by molar-refractivity contribution is 6.31. The van der Waals surface area contributed by atoms with Crippen LogP contribution in [-0.2, 0) is 0 Å². The third-order valence-corrected chi connectivity index (χ3v) is 4.08. The molecule has 0 atom stereocenters. The zero-order chi connectivity index (χ0) is 17.9. The lowest BCUT2D eigenvalue weighted by Crippen LogP contribution is -2.02. The van der Waals surface area contributed by atoms with Crippen LogP contribution < -0.4 is 10.6 Å². The van der Waals surface area contributed by atoms with Crippen LogP contribution in [0.15, 0.2) is 72.8 Å². The van der Waals surface area contributed by atoms with Crippen LogP contribution in [0.2, 0.25) is 5.02 Å². The first kappa shape index (κ1) is 16.2. The Morgan fingerprint density at radius 1 is 0.808 bits per heavy atom. The third kappa shape index (κ3) is 3.38. The van der Waals surface area contributed by atoms with Crippen LogP contribution in [0.1, 0.15) is 0 Å². The molecule has 0 unspecified atom stereocenters. The molecule has 0 aliphatic heterocycles. The van der Waals surface area contributed by atoms with E-state index in [0.717, 1.165) is 16.6 Å². The first-order chi connectivity index (χ1) is 12.7. The Morgan fingerprint density at radius 2 is 1.58 bits per heavy atom. The summed E-state index contributed by atoms with van der Waals surface area (Å²) >= 11 is 6.01. The molecule has 26 heavy (non-hydrogen) atoms. The molecular weight excluding hydrogens is 348 g/mol. The maximum atomic E-state index is 10.0. The van der Waals surface area contributed by atoms with Gasteiger partial charge in [-0.2, -0.15) is 4.98 Å². The van der Waals surface area contributed by atoms with Gasteiger partial charge >= 0.3 is 0 Å². The molecule has 1 heterocycles. The van der Waals surface area contributed by atoms with E-state index in [2.05, 4.69) is 20.6 Å². The molecule has 0 saturated carbocycles. The minimum absolute atomic E-state index is 0.0729. The number of para-hydroxylation sites is 2. The van der Waals surface area contributed by atoms with Gasteiger partial charge in [-0.25, -0.2) is 4.98 Å². The number of halogens is 1. The lowest BCUT2D eigenvalue weighted by molar-refractivity contribution is 0.477. The minimum Gasteiger partial charge on any atom is -0.506 e. The zero-order valence-corrected chi connectivity index (χ0v) is 14.4. The number of benzene rings is 3. The maximum Gasteiger partial charge on any atom is 0.229 e.